The minimum absolute atomic E-state index is 0.159. The van der Waals surface area contributed by atoms with Gasteiger partial charge in [0.05, 0.1) is 11.8 Å². The molecule has 0 saturated heterocycles. The largest absolute Gasteiger partial charge is 0.342 e. The van der Waals surface area contributed by atoms with Crippen LogP contribution in [0.3, 0.4) is 0 Å². The molecular formula is C8H6N4O2. The van der Waals surface area contributed by atoms with Crippen molar-refractivity contribution in [3.8, 4) is 0 Å². The highest BCUT2D eigenvalue weighted by Gasteiger charge is 2.16. The van der Waals surface area contributed by atoms with Gasteiger partial charge < -0.3 is 4.98 Å². The van der Waals surface area contributed by atoms with Crippen molar-refractivity contribution >= 4 is 12.1 Å². The van der Waals surface area contributed by atoms with E-state index >= 15 is 0 Å². The smallest absolute Gasteiger partial charge is 0.232 e. The van der Waals surface area contributed by atoms with Gasteiger partial charge in [-0.05, 0) is 0 Å². The summed E-state index contributed by atoms with van der Waals surface area (Å²) in [7, 11) is 0. The Bertz CT molecular complexity index is 457. The fraction of sp³-hybridized carbons (Fsp3) is 0. The second-order valence-electron chi connectivity index (χ2n) is 2.58. The second-order valence-corrected chi connectivity index (χ2v) is 2.58. The summed E-state index contributed by atoms with van der Waals surface area (Å²) in [6.45, 7) is 0. The molecule has 0 aliphatic heterocycles. The number of carbonyl (C=O) groups is 2. The quantitative estimate of drug-likeness (QED) is 0.533. The van der Waals surface area contributed by atoms with Gasteiger partial charge in [0, 0.05) is 12.4 Å². The third kappa shape index (κ3) is 1.22. The molecule has 0 amide bonds. The van der Waals surface area contributed by atoms with Crippen LogP contribution in [0.15, 0.2) is 18.6 Å². The fourth-order valence-electron chi connectivity index (χ4n) is 1.08. The zero-order valence-corrected chi connectivity index (χ0v) is 7.02. The molecule has 0 unspecified atom stereocenters. The lowest BCUT2D eigenvalue weighted by Crippen LogP contribution is -2.05. The van der Waals surface area contributed by atoms with Crippen LogP contribution in [-0.2, 0) is 0 Å². The lowest BCUT2D eigenvalue weighted by Gasteiger charge is -1.92. The molecule has 0 spiro atoms. The van der Waals surface area contributed by atoms with Crippen LogP contribution in [0.5, 0.6) is 0 Å². The maximum Gasteiger partial charge on any atom is 0.232 e. The molecule has 6 heteroatoms. The second kappa shape index (κ2) is 3.25. The Morgan fingerprint density at radius 3 is 3.00 bits per heavy atom. The molecule has 14 heavy (non-hydrogen) atoms. The third-order valence-corrected chi connectivity index (χ3v) is 1.74. The summed E-state index contributed by atoms with van der Waals surface area (Å²) in [5.74, 6) is -0.166. The van der Waals surface area contributed by atoms with E-state index in [-0.39, 0.29) is 22.9 Å². The van der Waals surface area contributed by atoms with E-state index in [9.17, 15) is 9.59 Å². The van der Waals surface area contributed by atoms with Crippen LogP contribution in [0.2, 0.25) is 0 Å². The van der Waals surface area contributed by atoms with E-state index in [0.717, 1.165) is 0 Å². The van der Waals surface area contributed by atoms with Gasteiger partial charge in [0.2, 0.25) is 5.78 Å². The van der Waals surface area contributed by atoms with Crippen LogP contribution in [0.1, 0.15) is 26.7 Å². The summed E-state index contributed by atoms with van der Waals surface area (Å²) in [6, 6.07) is 0. The number of aromatic amines is 2. The topological polar surface area (TPSA) is 91.5 Å². The average molecular weight is 190 g/mol. The molecule has 2 rings (SSSR count). The van der Waals surface area contributed by atoms with Crippen molar-refractivity contribution in [2.24, 2.45) is 0 Å². The van der Waals surface area contributed by atoms with Crippen molar-refractivity contribution in [2.45, 2.75) is 0 Å². The van der Waals surface area contributed by atoms with Crippen molar-refractivity contribution in [3.05, 3.63) is 35.7 Å². The zero-order valence-electron chi connectivity index (χ0n) is 7.02. The van der Waals surface area contributed by atoms with Crippen molar-refractivity contribution in [3.63, 3.8) is 0 Å². The molecule has 0 aliphatic carbocycles. The highest BCUT2D eigenvalue weighted by molar-refractivity contribution is 6.09. The Balaban J connectivity index is 2.41. The van der Waals surface area contributed by atoms with E-state index in [1.54, 1.807) is 0 Å². The molecule has 0 saturated carbocycles. The molecule has 2 aromatic heterocycles. The normalized spacial score (nSPS) is 10.0. The maximum atomic E-state index is 11.6. The molecule has 0 fully saturated rings. The Morgan fingerprint density at radius 2 is 2.36 bits per heavy atom. The summed E-state index contributed by atoms with van der Waals surface area (Å²) in [5, 5.41) is 6.02. The van der Waals surface area contributed by atoms with Crippen LogP contribution in [-0.4, -0.2) is 32.2 Å². The Morgan fingerprint density at radius 1 is 1.50 bits per heavy atom. The molecule has 2 aromatic rings. The molecule has 0 atom stereocenters. The standard InChI is InChI=1S/C8H6N4O2/c13-4-6-5(3-11-12-6)7(14)8-9-1-2-10-8/h1-4H,(H,9,10)(H,11,12). The fourth-order valence-corrected chi connectivity index (χ4v) is 1.08. The first kappa shape index (κ1) is 8.36. The first-order chi connectivity index (χ1) is 6.83. The molecular weight excluding hydrogens is 184 g/mol. The van der Waals surface area contributed by atoms with Crippen molar-refractivity contribution < 1.29 is 9.59 Å². The first-order valence-corrected chi connectivity index (χ1v) is 3.85. The predicted molar refractivity (Wildman–Crippen MR) is 46.0 cm³/mol. The SMILES string of the molecule is O=Cc1[nH]ncc1C(=O)c1ncc[nH]1. The first-order valence-electron chi connectivity index (χ1n) is 3.85. The van der Waals surface area contributed by atoms with Crippen LogP contribution in [0.4, 0.5) is 0 Å². The lowest BCUT2D eigenvalue weighted by molar-refractivity contribution is 0.102. The number of H-pyrrole nitrogens is 2. The van der Waals surface area contributed by atoms with Crippen LogP contribution >= 0.6 is 0 Å². The van der Waals surface area contributed by atoms with Crippen molar-refractivity contribution in [1.29, 1.82) is 0 Å². The summed E-state index contributed by atoms with van der Waals surface area (Å²) in [5.41, 5.74) is 0.376. The average Bonchev–Trinajstić information content (AvgIpc) is 2.87. The van der Waals surface area contributed by atoms with E-state index in [0.29, 0.717) is 6.29 Å². The molecule has 2 N–H and O–H groups in total. The molecule has 70 valence electrons. The molecule has 0 bridgehead atoms. The van der Waals surface area contributed by atoms with Crippen LogP contribution < -0.4 is 0 Å². The van der Waals surface area contributed by atoms with Gasteiger partial charge in [-0.25, -0.2) is 4.98 Å². The minimum atomic E-state index is -0.356. The van der Waals surface area contributed by atoms with E-state index in [1.807, 2.05) is 0 Å². The Kier molecular flexibility index (Phi) is 1.94. The van der Waals surface area contributed by atoms with Crippen molar-refractivity contribution in [1.82, 2.24) is 20.2 Å². The number of nitrogens with one attached hydrogen (secondary N) is 2. The van der Waals surface area contributed by atoms with Gasteiger partial charge in [0.15, 0.2) is 12.1 Å². The highest BCUT2D eigenvalue weighted by Crippen LogP contribution is 2.07. The van der Waals surface area contributed by atoms with Crippen LogP contribution in [0.25, 0.3) is 0 Å². The number of nitrogens with zero attached hydrogens (tertiary/aromatic N) is 2. The Labute approximate surface area is 78.4 Å². The number of rotatable bonds is 3. The van der Waals surface area contributed by atoms with E-state index in [4.69, 9.17) is 0 Å². The van der Waals surface area contributed by atoms with E-state index in [2.05, 4.69) is 20.2 Å². The van der Waals surface area contributed by atoms with Gasteiger partial charge in [0.25, 0.3) is 0 Å². The summed E-state index contributed by atoms with van der Waals surface area (Å²) in [6.07, 6.45) is 4.85. The van der Waals surface area contributed by atoms with Gasteiger partial charge in [-0.3, -0.25) is 14.7 Å². The summed E-state index contributed by atoms with van der Waals surface area (Å²) < 4.78 is 0. The number of aldehydes is 1. The lowest BCUT2D eigenvalue weighted by atomic mass is 10.1. The number of aromatic nitrogens is 4. The third-order valence-electron chi connectivity index (χ3n) is 1.74. The Hall–Kier alpha value is -2.24. The van der Waals surface area contributed by atoms with Gasteiger partial charge >= 0.3 is 0 Å². The maximum absolute atomic E-state index is 11.6. The molecule has 2 heterocycles. The minimum Gasteiger partial charge on any atom is -0.342 e. The molecule has 0 radical (unpaired) electrons. The number of hydrogen-bond acceptors (Lipinski definition) is 4. The summed E-state index contributed by atoms with van der Waals surface area (Å²) in [4.78, 5) is 28.6. The van der Waals surface area contributed by atoms with Gasteiger partial charge in [-0.1, -0.05) is 0 Å². The molecule has 0 aromatic carbocycles. The van der Waals surface area contributed by atoms with Gasteiger partial charge in [-0.15, -0.1) is 0 Å². The van der Waals surface area contributed by atoms with Crippen LogP contribution in [0, 0.1) is 0 Å². The monoisotopic (exact) mass is 190 g/mol. The highest BCUT2D eigenvalue weighted by atomic mass is 16.1. The predicted octanol–water partition coefficient (Wildman–Crippen LogP) is 0.176. The number of imidazole rings is 1. The molecule has 6 nitrogen and oxygen atoms in total. The number of hydrogen-bond donors (Lipinski definition) is 2. The van der Waals surface area contributed by atoms with E-state index in [1.165, 1.54) is 18.6 Å². The molecule has 0 aliphatic rings. The number of ketones is 1. The zero-order chi connectivity index (χ0) is 9.97. The van der Waals surface area contributed by atoms with E-state index < -0.39 is 0 Å². The van der Waals surface area contributed by atoms with Gasteiger partial charge in [0.1, 0.15) is 5.69 Å². The van der Waals surface area contributed by atoms with Gasteiger partial charge in [-0.2, -0.15) is 5.10 Å². The summed E-state index contributed by atoms with van der Waals surface area (Å²) >= 11 is 0. The number of carbonyl (C=O) groups excluding carboxylic acids is 2. The van der Waals surface area contributed by atoms with Crippen molar-refractivity contribution in [2.75, 3.05) is 0 Å².